The molecule has 17 heavy (non-hydrogen) atoms. The van der Waals surface area contributed by atoms with Gasteiger partial charge in [0.05, 0.1) is 11.0 Å². The summed E-state index contributed by atoms with van der Waals surface area (Å²) in [5, 5.41) is 8.62. The van der Waals surface area contributed by atoms with Gasteiger partial charge < -0.3 is 9.67 Å². The molecule has 1 N–H and O–H groups in total. The molecule has 0 bridgehead atoms. The van der Waals surface area contributed by atoms with E-state index >= 15 is 0 Å². The van der Waals surface area contributed by atoms with Crippen LogP contribution in [0.15, 0.2) is 18.2 Å². The predicted octanol–water partition coefficient (Wildman–Crippen LogP) is 2.29. The van der Waals surface area contributed by atoms with Crippen LogP contribution in [-0.2, 0) is 11.8 Å². The largest absolute Gasteiger partial charge is 0.478 e. The van der Waals surface area contributed by atoms with Gasteiger partial charge in [0.2, 0.25) is 0 Å². The van der Waals surface area contributed by atoms with Gasteiger partial charge in [-0.3, -0.25) is 0 Å². The molecule has 1 aromatic heterocycles. The Morgan fingerprint density at radius 3 is 2.76 bits per heavy atom. The zero-order valence-corrected chi connectivity index (χ0v) is 10.1. The van der Waals surface area contributed by atoms with Crippen molar-refractivity contribution in [1.29, 1.82) is 0 Å². The fourth-order valence-electron chi connectivity index (χ4n) is 1.91. The zero-order valence-electron chi connectivity index (χ0n) is 10.1. The molecule has 0 saturated heterocycles. The SMILES string of the molecule is Cc1ccc2nc(/C=C/C(=O)O)n(C)c2c1C. The number of carboxylic acid groups (broad SMARTS) is 1. The van der Waals surface area contributed by atoms with Crippen molar-refractivity contribution in [3.05, 3.63) is 35.2 Å². The van der Waals surface area contributed by atoms with Crippen LogP contribution in [0.1, 0.15) is 17.0 Å². The Hall–Kier alpha value is -2.10. The molecule has 2 rings (SSSR count). The van der Waals surface area contributed by atoms with E-state index in [1.165, 1.54) is 17.2 Å². The third kappa shape index (κ3) is 1.93. The predicted molar refractivity (Wildman–Crippen MR) is 66.9 cm³/mol. The summed E-state index contributed by atoms with van der Waals surface area (Å²) in [7, 11) is 1.89. The van der Waals surface area contributed by atoms with Crippen LogP contribution >= 0.6 is 0 Å². The van der Waals surface area contributed by atoms with Gasteiger partial charge in [-0.2, -0.15) is 0 Å². The number of fused-ring (bicyclic) bond motifs is 1. The molecular formula is C13H14N2O2. The van der Waals surface area contributed by atoms with Crippen LogP contribution < -0.4 is 0 Å². The van der Waals surface area contributed by atoms with Gasteiger partial charge in [0, 0.05) is 13.1 Å². The Morgan fingerprint density at radius 1 is 1.41 bits per heavy atom. The van der Waals surface area contributed by atoms with Gasteiger partial charge in [0.1, 0.15) is 5.82 Å². The lowest BCUT2D eigenvalue weighted by Gasteiger charge is -2.03. The highest BCUT2D eigenvalue weighted by atomic mass is 16.4. The number of aromatic nitrogens is 2. The lowest BCUT2D eigenvalue weighted by atomic mass is 10.1. The van der Waals surface area contributed by atoms with Crippen molar-refractivity contribution < 1.29 is 9.90 Å². The summed E-state index contributed by atoms with van der Waals surface area (Å²) in [5.41, 5.74) is 4.32. The Bertz CT molecular complexity index is 624. The first-order valence-corrected chi connectivity index (χ1v) is 5.34. The summed E-state index contributed by atoms with van der Waals surface area (Å²) in [4.78, 5) is 14.9. The number of imidazole rings is 1. The van der Waals surface area contributed by atoms with E-state index in [4.69, 9.17) is 5.11 Å². The molecule has 1 heterocycles. The molecule has 4 heteroatoms. The lowest BCUT2D eigenvalue weighted by Crippen LogP contribution is -1.95. The van der Waals surface area contributed by atoms with Crippen LogP contribution in [0.2, 0.25) is 0 Å². The number of aliphatic carboxylic acids is 1. The Balaban J connectivity index is 2.65. The average Bonchev–Trinajstić information content (AvgIpc) is 2.59. The van der Waals surface area contributed by atoms with Crippen LogP contribution in [0, 0.1) is 13.8 Å². The molecule has 0 unspecified atom stereocenters. The third-order valence-electron chi connectivity index (χ3n) is 2.97. The fraction of sp³-hybridized carbons (Fsp3) is 0.231. The van der Waals surface area contributed by atoms with E-state index in [0.717, 1.165) is 17.1 Å². The molecule has 0 fully saturated rings. The second-order valence-corrected chi connectivity index (χ2v) is 4.08. The minimum Gasteiger partial charge on any atom is -0.478 e. The molecule has 2 aromatic rings. The molecule has 0 radical (unpaired) electrons. The van der Waals surface area contributed by atoms with Crippen molar-refractivity contribution in [3.63, 3.8) is 0 Å². The van der Waals surface area contributed by atoms with Crippen molar-refractivity contribution in [3.8, 4) is 0 Å². The van der Waals surface area contributed by atoms with Crippen LogP contribution in [0.5, 0.6) is 0 Å². The Morgan fingerprint density at radius 2 is 2.12 bits per heavy atom. The summed E-state index contributed by atoms with van der Waals surface area (Å²) in [6, 6.07) is 3.98. The van der Waals surface area contributed by atoms with Crippen molar-refractivity contribution in [2.45, 2.75) is 13.8 Å². The van der Waals surface area contributed by atoms with Crippen LogP contribution in [-0.4, -0.2) is 20.6 Å². The number of aryl methyl sites for hydroxylation is 3. The van der Waals surface area contributed by atoms with E-state index in [9.17, 15) is 4.79 Å². The number of hydrogen-bond acceptors (Lipinski definition) is 2. The molecule has 0 aliphatic rings. The first kappa shape index (κ1) is 11.4. The van der Waals surface area contributed by atoms with E-state index < -0.39 is 5.97 Å². The summed E-state index contributed by atoms with van der Waals surface area (Å²) >= 11 is 0. The van der Waals surface area contributed by atoms with Gasteiger partial charge in [-0.1, -0.05) is 6.07 Å². The molecule has 4 nitrogen and oxygen atoms in total. The van der Waals surface area contributed by atoms with E-state index in [1.807, 2.05) is 30.7 Å². The minimum absolute atomic E-state index is 0.649. The Labute approximate surface area is 99.2 Å². The molecule has 1 aromatic carbocycles. The number of benzene rings is 1. The summed E-state index contributed by atoms with van der Waals surface area (Å²) in [5.74, 6) is -0.318. The summed E-state index contributed by atoms with van der Waals surface area (Å²) in [6.07, 6.45) is 2.61. The highest BCUT2D eigenvalue weighted by Crippen LogP contribution is 2.22. The second-order valence-electron chi connectivity index (χ2n) is 4.08. The van der Waals surface area contributed by atoms with Crippen molar-refractivity contribution >= 4 is 23.1 Å². The smallest absolute Gasteiger partial charge is 0.328 e. The Kier molecular flexibility index (Phi) is 2.71. The van der Waals surface area contributed by atoms with E-state index in [-0.39, 0.29) is 0 Å². The van der Waals surface area contributed by atoms with E-state index in [2.05, 4.69) is 11.9 Å². The molecule has 0 spiro atoms. The normalized spacial score (nSPS) is 11.5. The minimum atomic E-state index is -0.968. The monoisotopic (exact) mass is 230 g/mol. The van der Waals surface area contributed by atoms with Crippen molar-refractivity contribution in [2.24, 2.45) is 7.05 Å². The maximum atomic E-state index is 10.5. The number of carboxylic acids is 1. The van der Waals surface area contributed by atoms with Crippen molar-refractivity contribution in [1.82, 2.24) is 9.55 Å². The number of rotatable bonds is 2. The quantitative estimate of drug-likeness (QED) is 0.805. The van der Waals surface area contributed by atoms with Crippen LogP contribution in [0.4, 0.5) is 0 Å². The number of carbonyl (C=O) groups is 1. The standard InChI is InChI=1S/C13H14N2O2/c1-8-4-5-10-13(9(8)2)15(3)11(14-10)6-7-12(16)17/h4-7H,1-3H3,(H,16,17)/b7-6+. The third-order valence-corrected chi connectivity index (χ3v) is 2.97. The van der Waals surface area contributed by atoms with Gasteiger partial charge in [-0.25, -0.2) is 9.78 Å². The van der Waals surface area contributed by atoms with Gasteiger partial charge in [0.25, 0.3) is 0 Å². The number of nitrogens with zero attached hydrogens (tertiary/aromatic N) is 2. The second kappa shape index (κ2) is 4.05. The maximum Gasteiger partial charge on any atom is 0.328 e. The van der Waals surface area contributed by atoms with Crippen LogP contribution in [0.3, 0.4) is 0 Å². The van der Waals surface area contributed by atoms with Gasteiger partial charge >= 0.3 is 5.97 Å². The topological polar surface area (TPSA) is 55.1 Å². The molecule has 0 aliphatic heterocycles. The first-order valence-electron chi connectivity index (χ1n) is 5.34. The molecular weight excluding hydrogens is 216 g/mol. The highest BCUT2D eigenvalue weighted by molar-refractivity contribution is 5.87. The van der Waals surface area contributed by atoms with Gasteiger partial charge in [-0.05, 0) is 37.1 Å². The average molecular weight is 230 g/mol. The van der Waals surface area contributed by atoms with Crippen LogP contribution in [0.25, 0.3) is 17.1 Å². The highest BCUT2D eigenvalue weighted by Gasteiger charge is 2.09. The fourth-order valence-corrected chi connectivity index (χ4v) is 1.91. The molecule has 88 valence electrons. The van der Waals surface area contributed by atoms with Crippen molar-refractivity contribution in [2.75, 3.05) is 0 Å². The van der Waals surface area contributed by atoms with Gasteiger partial charge in [0.15, 0.2) is 0 Å². The number of hydrogen-bond donors (Lipinski definition) is 1. The summed E-state index contributed by atoms with van der Waals surface area (Å²) < 4.78 is 1.91. The first-order chi connectivity index (χ1) is 8.00. The van der Waals surface area contributed by atoms with E-state index in [0.29, 0.717) is 5.82 Å². The lowest BCUT2D eigenvalue weighted by molar-refractivity contribution is -0.131. The maximum absolute atomic E-state index is 10.5. The summed E-state index contributed by atoms with van der Waals surface area (Å²) in [6.45, 7) is 4.10. The van der Waals surface area contributed by atoms with Gasteiger partial charge in [-0.15, -0.1) is 0 Å². The molecule has 0 atom stereocenters. The molecule has 0 saturated carbocycles. The zero-order chi connectivity index (χ0) is 12.6. The van der Waals surface area contributed by atoms with E-state index in [1.54, 1.807) is 0 Å². The molecule has 0 amide bonds. The molecule has 0 aliphatic carbocycles.